The minimum atomic E-state index is 0.754. The smallest absolute Gasteiger partial charge is 0.146 e. The molecule has 5 heteroatoms. The molecule has 110 valence electrons. The van der Waals surface area contributed by atoms with Crippen LogP contribution in [-0.2, 0) is 19.6 Å². The van der Waals surface area contributed by atoms with Crippen LogP contribution in [0.25, 0.3) is 10.9 Å². The molecule has 0 spiro atoms. The third-order valence-electron chi connectivity index (χ3n) is 3.68. The number of fused-ring (bicyclic) bond motifs is 1. The van der Waals surface area contributed by atoms with E-state index in [4.69, 9.17) is 0 Å². The first kappa shape index (κ1) is 13.8. The molecule has 1 aromatic carbocycles. The van der Waals surface area contributed by atoms with E-state index in [2.05, 4.69) is 57.4 Å². The number of aromatic nitrogens is 4. The molecule has 0 atom stereocenters. The number of hydrogen-bond acceptors (Lipinski definition) is 3. The van der Waals surface area contributed by atoms with Gasteiger partial charge in [0.25, 0.3) is 0 Å². The van der Waals surface area contributed by atoms with E-state index < -0.39 is 0 Å². The molecule has 0 aliphatic heterocycles. The van der Waals surface area contributed by atoms with Crippen LogP contribution in [0.1, 0.15) is 24.7 Å². The normalized spacial score (nSPS) is 11.3. The highest BCUT2D eigenvalue weighted by Gasteiger charge is 2.10. The summed E-state index contributed by atoms with van der Waals surface area (Å²) in [6.07, 6.45) is 4.92. The van der Waals surface area contributed by atoms with Crippen LogP contribution in [-0.4, -0.2) is 26.4 Å². The van der Waals surface area contributed by atoms with E-state index in [1.165, 1.54) is 16.5 Å². The second-order valence-electron chi connectivity index (χ2n) is 5.23. The summed E-state index contributed by atoms with van der Waals surface area (Å²) in [5.74, 6) is 1.01. The van der Waals surface area contributed by atoms with Crippen LogP contribution in [0, 0.1) is 0 Å². The van der Waals surface area contributed by atoms with Gasteiger partial charge in [-0.1, -0.05) is 25.1 Å². The second-order valence-corrected chi connectivity index (χ2v) is 5.23. The molecule has 2 aromatic heterocycles. The van der Waals surface area contributed by atoms with Crippen molar-refractivity contribution in [1.29, 1.82) is 0 Å². The molecule has 0 aliphatic rings. The number of aryl methyl sites for hydroxylation is 1. The van der Waals surface area contributed by atoms with Crippen LogP contribution in [0.3, 0.4) is 0 Å². The summed E-state index contributed by atoms with van der Waals surface area (Å²) in [6, 6.07) is 8.51. The van der Waals surface area contributed by atoms with Gasteiger partial charge in [0.05, 0.1) is 6.54 Å². The number of para-hydroxylation sites is 1. The van der Waals surface area contributed by atoms with Crippen molar-refractivity contribution >= 4 is 10.9 Å². The summed E-state index contributed by atoms with van der Waals surface area (Å²) in [4.78, 5) is 4.41. The Bertz CT molecular complexity index is 725. The van der Waals surface area contributed by atoms with E-state index in [0.717, 1.165) is 31.9 Å². The van der Waals surface area contributed by atoms with Crippen LogP contribution >= 0.6 is 0 Å². The van der Waals surface area contributed by atoms with Crippen molar-refractivity contribution in [1.82, 2.24) is 24.6 Å². The number of benzene rings is 1. The largest absolute Gasteiger partial charge is 0.340 e. The van der Waals surface area contributed by atoms with Crippen LogP contribution in [0.2, 0.25) is 0 Å². The Kier molecular flexibility index (Phi) is 4.01. The summed E-state index contributed by atoms with van der Waals surface area (Å²) in [5, 5.41) is 8.84. The highest BCUT2D eigenvalue weighted by atomic mass is 15.3. The van der Waals surface area contributed by atoms with Crippen LogP contribution in [0.15, 0.2) is 36.8 Å². The summed E-state index contributed by atoms with van der Waals surface area (Å²) in [6.45, 7) is 4.69. The van der Waals surface area contributed by atoms with Gasteiger partial charge >= 0.3 is 0 Å². The van der Waals surface area contributed by atoms with Crippen LogP contribution in [0.4, 0.5) is 0 Å². The standard InChI is InChI=1S/C16H21N5/c1-3-8-21-16(18-12-19-21)11-20-10-13(9-17-2)14-6-4-5-7-15(14)20/h4-7,10,12,17H,3,8-9,11H2,1-2H3. The molecule has 0 saturated heterocycles. The second kappa shape index (κ2) is 6.10. The van der Waals surface area contributed by atoms with E-state index in [1.54, 1.807) is 6.33 Å². The summed E-state index contributed by atoms with van der Waals surface area (Å²) < 4.78 is 4.25. The van der Waals surface area contributed by atoms with E-state index in [0.29, 0.717) is 0 Å². The molecule has 3 aromatic rings. The number of nitrogens with one attached hydrogen (secondary N) is 1. The average Bonchev–Trinajstić information content (AvgIpc) is 3.07. The summed E-state index contributed by atoms with van der Waals surface area (Å²) in [7, 11) is 1.98. The van der Waals surface area contributed by atoms with Gasteiger partial charge in [-0.2, -0.15) is 5.10 Å². The Labute approximate surface area is 124 Å². The van der Waals surface area contributed by atoms with Gasteiger partial charge in [0.15, 0.2) is 0 Å². The molecule has 0 bridgehead atoms. The van der Waals surface area contributed by atoms with Gasteiger partial charge in [-0.3, -0.25) is 0 Å². The molecule has 0 fully saturated rings. The lowest BCUT2D eigenvalue weighted by atomic mass is 10.2. The van der Waals surface area contributed by atoms with Crippen molar-refractivity contribution < 1.29 is 0 Å². The fourth-order valence-corrected chi connectivity index (χ4v) is 2.75. The van der Waals surface area contributed by atoms with Crippen molar-refractivity contribution in [2.75, 3.05) is 7.05 Å². The number of rotatable bonds is 6. The molecule has 1 N–H and O–H groups in total. The molecule has 2 heterocycles. The zero-order valence-electron chi connectivity index (χ0n) is 12.6. The first-order chi connectivity index (χ1) is 10.3. The maximum atomic E-state index is 4.41. The maximum Gasteiger partial charge on any atom is 0.146 e. The first-order valence-electron chi connectivity index (χ1n) is 7.41. The minimum Gasteiger partial charge on any atom is -0.340 e. The predicted octanol–water partition coefficient (Wildman–Crippen LogP) is 2.41. The van der Waals surface area contributed by atoms with Gasteiger partial charge in [0.2, 0.25) is 0 Å². The van der Waals surface area contributed by atoms with Gasteiger partial charge in [-0.05, 0) is 25.1 Å². The Morgan fingerprint density at radius 2 is 2.10 bits per heavy atom. The molecular formula is C16H21N5. The monoisotopic (exact) mass is 283 g/mol. The highest BCUT2D eigenvalue weighted by Crippen LogP contribution is 2.22. The van der Waals surface area contributed by atoms with Crippen LogP contribution in [0.5, 0.6) is 0 Å². The predicted molar refractivity (Wildman–Crippen MR) is 84.1 cm³/mol. The van der Waals surface area contributed by atoms with Crippen LogP contribution < -0.4 is 5.32 Å². The molecule has 0 amide bonds. The zero-order valence-corrected chi connectivity index (χ0v) is 12.6. The fourth-order valence-electron chi connectivity index (χ4n) is 2.75. The lowest BCUT2D eigenvalue weighted by Gasteiger charge is -2.07. The molecule has 21 heavy (non-hydrogen) atoms. The number of hydrogen-bond donors (Lipinski definition) is 1. The highest BCUT2D eigenvalue weighted by molar-refractivity contribution is 5.84. The number of nitrogens with zero attached hydrogens (tertiary/aromatic N) is 4. The van der Waals surface area contributed by atoms with Crippen molar-refractivity contribution in [3.05, 3.63) is 48.2 Å². The van der Waals surface area contributed by atoms with E-state index in [9.17, 15) is 0 Å². The Morgan fingerprint density at radius 3 is 2.90 bits per heavy atom. The molecule has 0 radical (unpaired) electrons. The van der Waals surface area contributed by atoms with Crippen molar-refractivity contribution in [2.45, 2.75) is 33.0 Å². The lowest BCUT2D eigenvalue weighted by molar-refractivity contribution is 0.557. The molecule has 0 saturated carbocycles. The third kappa shape index (κ3) is 2.69. The quantitative estimate of drug-likeness (QED) is 0.755. The first-order valence-corrected chi connectivity index (χ1v) is 7.41. The van der Waals surface area contributed by atoms with E-state index in [-0.39, 0.29) is 0 Å². The summed E-state index contributed by atoms with van der Waals surface area (Å²) >= 11 is 0. The van der Waals surface area contributed by atoms with Crippen molar-refractivity contribution in [3.63, 3.8) is 0 Å². The van der Waals surface area contributed by atoms with Gasteiger partial charge in [0, 0.05) is 30.2 Å². The Morgan fingerprint density at radius 1 is 1.24 bits per heavy atom. The SMILES string of the molecule is CCCn1ncnc1Cn1cc(CNC)c2ccccc21. The van der Waals surface area contributed by atoms with Crippen molar-refractivity contribution in [2.24, 2.45) is 0 Å². The van der Waals surface area contributed by atoms with Crippen molar-refractivity contribution in [3.8, 4) is 0 Å². The molecule has 0 unspecified atom stereocenters. The molecular weight excluding hydrogens is 262 g/mol. The van der Waals surface area contributed by atoms with Gasteiger partial charge < -0.3 is 9.88 Å². The van der Waals surface area contributed by atoms with E-state index >= 15 is 0 Å². The van der Waals surface area contributed by atoms with Gasteiger partial charge in [0.1, 0.15) is 12.2 Å². The lowest BCUT2D eigenvalue weighted by Crippen LogP contribution is -2.09. The Hall–Kier alpha value is -2.14. The fraction of sp³-hybridized carbons (Fsp3) is 0.375. The molecule has 5 nitrogen and oxygen atoms in total. The summed E-state index contributed by atoms with van der Waals surface area (Å²) in [5.41, 5.74) is 2.56. The topological polar surface area (TPSA) is 47.7 Å². The third-order valence-corrected chi connectivity index (χ3v) is 3.68. The van der Waals surface area contributed by atoms with E-state index in [1.807, 2.05) is 11.7 Å². The maximum absolute atomic E-state index is 4.41. The molecule has 3 rings (SSSR count). The van der Waals surface area contributed by atoms with Gasteiger partial charge in [-0.25, -0.2) is 9.67 Å². The Balaban J connectivity index is 1.98. The van der Waals surface area contributed by atoms with Gasteiger partial charge in [-0.15, -0.1) is 0 Å². The zero-order chi connectivity index (χ0) is 14.7. The minimum absolute atomic E-state index is 0.754. The average molecular weight is 283 g/mol. The molecule has 0 aliphatic carbocycles.